The minimum atomic E-state index is -1.26. The van der Waals surface area contributed by atoms with Gasteiger partial charge in [0.1, 0.15) is 5.92 Å². The Kier molecular flexibility index (Phi) is 3.83. The molecule has 1 saturated heterocycles. The number of amides is 2. The van der Waals surface area contributed by atoms with Crippen LogP contribution in [0.3, 0.4) is 0 Å². The first kappa shape index (κ1) is 15.5. The summed E-state index contributed by atoms with van der Waals surface area (Å²) in [5.74, 6) is -3.39. The molecule has 2 atom stereocenters. The number of fused-ring (bicyclic) bond motifs is 1. The zero-order chi connectivity index (χ0) is 16.7. The third-order valence-electron chi connectivity index (χ3n) is 3.59. The minimum absolute atomic E-state index is 0.302. The molecule has 1 fully saturated rings. The first-order valence-corrected chi connectivity index (χ1v) is 7.50. The lowest BCUT2D eigenvalue weighted by Gasteiger charge is -2.16. The van der Waals surface area contributed by atoms with Crippen LogP contribution in [-0.4, -0.2) is 41.8 Å². The van der Waals surface area contributed by atoms with Crippen molar-refractivity contribution in [3.05, 3.63) is 32.7 Å². The monoisotopic (exact) mass is 428 g/mol. The number of rotatable bonds is 3. The Labute approximate surface area is 143 Å². The molecule has 2 heterocycles. The smallest absolute Gasteiger partial charge is 0.355 e. The third kappa shape index (κ3) is 2.29. The molecule has 0 spiro atoms. The highest BCUT2D eigenvalue weighted by atomic mass is 127. The predicted octanol–water partition coefficient (Wildman–Crippen LogP) is 0.675. The molecular formula is C13H9IN4O5. The third-order valence-corrected chi connectivity index (χ3v) is 4.31. The summed E-state index contributed by atoms with van der Waals surface area (Å²) in [5, 5.41) is 6.79. The van der Waals surface area contributed by atoms with Gasteiger partial charge in [-0.3, -0.25) is 9.59 Å². The number of carbonyl (C=O) groups is 3. The Balaban J connectivity index is 2.03. The second-order valence-corrected chi connectivity index (χ2v) is 6.04. The molecule has 9 nitrogen and oxygen atoms in total. The largest absolute Gasteiger partial charge is 0.464 e. The van der Waals surface area contributed by atoms with Crippen molar-refractivity contribution in [2.24, 2.45) is 16.3 Å². The molecule has 0 saturated carbocycles. The van der Waals surface area contributed by atoms with Gasteiger partial charge in [0.05, 0.1) is 18.1 Å². The fourth-order valence-electron chi connectivity index (χ4n) is 2.58. The second-order valence-electron chi connectivity index (χ2n) is 4.79. The number of hydrogen-bond acceptors (Lipinski definition) is 7. The number of hydrazone groups is 1. The first-order chi connectivity index (χ1) is 11.0. The Bertz CT molecular complexity index is 747. The van der Waals surface area contributed by atoms with Gasteiger partial charge in [-0.25, -0.2) is 9.69 Å². The van der Waals surface area contributed by atoms with E-state index in [1.54, 1.807) is 24.3 Å². The van der Waals surface area contributed by atoms with Crippen molar-refractivity contribution in [1.29, 1.82) is 0 Å². The van der Waals surface area contributed by atoms with Crippen molar-refractivity contribution in [3.63, 3.8) is 0 Å². The Hall–Kier alpha value is -2.37. The lowest BCUT2D eigenvalue weighted by Crippen LogP contribution is -2.36. The normalized spacial score (nSPS) is 23.0. The van der Waals surface area contributed by atoms with E-state index in [4.69, 9.17) is 0 Å². The van der Waals surface area contributed by atoms with Gasteiger partial charge in [-0.05, 0) is 46.9 Å². The van der Waals surface area contributed by atoms with E-state index in [1.807, 2.05) is 0 Å². The summed E-state index contributed by atoms with van der Waals surface area (Å²) in [6, 6.07) is 5.41. The highest BCUT2D eigenvalue weighted by Crippen LogP contribution is 2.35. The summed E-state index contributed by atoms with van der Waals surface area (Å²) in [6.45, 7) is 0. The summed E-state index contributed by atoms with van der Waals surface area (Å²) in [5.41, 5.74) is 0.0494. The van der Waals surface area contributed by atoms with Gasteiger partial charge in [0, 0.05) is 3.57 Å². The standard InChI is InChI=1S/C13H9IN4O5/c1-23-13(21)9-8-10(18(15-9)16-22)12(20)17(11(8)19)7-4-2-6(14)3-5-7/h2-5,8,10H,1H3/t8-,10+/m1/s1. The number of methoxy groups -OCH3 is 1. The zero-order valence-corrected chi connectivity index (χ0v) is 13.8. The van der Waals surface area contributed by atoms with Gasteiger partial charge in [0.2, 0.25) is 5.91 Å². The lowest BCUT2D eigenvalue weighted by molar-refractivity contribution is -0.133. The molecular weight excluding hydrogens is 419 g/mol. The molecule has 0 bridgehead atoms. The molecule has 0 radical (unpaired) electrons. The van der Waals surface area contributed by atoms with Crippen molar-refractivity contribution in [1.82, 2.24) is 5.12 Å². The number of halogens is 1. The number of carbonyl (C=O) groups excluding carboxylic acids is 3. The maximum atomic E-state index is 12.6. The van der Waals surface area contributed by atoms with Crippen LogP contribution in [0.4, 0.5) is 5.69 Å². The van der Waals surface area contributed by atoms with E-state index in [-0.39, 0.29) is 5.71 Å². The van der Waals surface area contributed by atoms with Crippen molar-refractivity contribution >= 4 is 51.8 Å². The van der Waals surface area contributed by atoms with E-state index in [9.17, 15) is 19.3 Å². The van der Waals surface area contributed by atoms with Crippen LogP contribution in [0.15, 0.2) is 34.7 Å². The van der Waals surface area contributed by atoms with Crippen LogP contribution >= 0.6 is 22.6 Å². The van der Waals surface area contributed by atoms with Gasteiger partial charge < -0.3 is 4.74 Å². The van der Waals surface area contributed by atoms with Crippen LogP contribution in [0.2, 0.25) is 0 Å². The van der Waals surface area contributed by atoms with Crippen LogP contribution in [0, 0.1) is 14.4 Å². The molecule has 0 aromatic heterocycles. The van der Waals surface area contributed by atoms with Crippen LogP contribution in [0.5, 0.6) is 0 Å². The van der Waals surface area contributed by atoms with Gasteiger partial charge >= 0.3 is 5.97 Å². The van der Waals surface area contributed by atoms with Crippen molar-refractivity contribution < 1.29 is 19.1 Å². The van der Waals surface area contributed by atoms with Gasteiger partial charge in [-0.1, -0.05) is 0 Å². The van der Waals surface area contributed by atoms with E-state index in [0.29, 0.717) is 10.8 Å². The molecule has 10 heteroatoms. The van der Waals surface area contributed by atoms with Gasteiger partial charge in [0.15, 0.2) is 11.8 Å². The van der Waals surface area contributed by atoms with Gasteiger partial charge in [-0.15, -0.1) is 15.1 Å². The topological polar surface area (TPSA) is 109 Å². The number of anilines is 1. The highest BCUT2D eigenvalue weighted by Gasteiger charge is 2.59. The number of nitroso groups, excluding NO2 is 1. The van der Waals surface area contributed by atoms with Crippen LogP contribution in [0.1, 0.15) is 0 Å². The SMILES string of the molecule is COC(=O)C1=NN(N=O)[C@@H]2C(=O)N(c3ccc(I)cc3)C(=O)[C@H]12. The Morgan fingerprint density at radius 1 is 1.26 bits per heavy atom. The summed E-state index contributed by atoms with van der Waals surface area (Å²) < 4.78 is 5.48. The van der Waals surface area contributed by atoms with E-state index in [2.05, 4.69) is 37.7 Å². The molecule has 2 aliphatic heterocycles. The van der Waals surface area contributed by atoms with Crippen LogP contribution in [-0.2, 0) is 19.1 Å². The van der Waals surface area contributed by atoms with Gasteiger partial charge in [-0.2, -0.15) is 0 Å². The summed E-state index contributed by atoms with van der Waals surface area (Å²) >= 11 is 2.09. The van der Waals surface area contributed by atoms with Crippen molar-refractivity contribution in [3.8, 4) is 0 Å². The average Bonchev–Trinajstić information content (AvgIpc) is 3.05. The molecule has 0 unspecified atom stereocenters. The van der Waals surface area contributed by atoms with Crippen molar-refractivity contribution in [2.45, 2.75) is 6.04 Å². The first-order valence-electron chi connectivity index (χ1n) is 6.42. The molecule has 118 valence electrons. The average molecular weight is 428 g/mol. The van der Waals surface area contributed by atoms with Crippen LogP contribution < -0.4 is 4.90 Å². The van der Waals surface area contributed by atoms with Crippen LogP contribution in [0.25, 0.3) is 0 Å². The van der Waals surface area contributed by atoms with E-state index in [0.717, 1.165) is 15.6 Å². The Morgan fingerprint density at radius 2 is 1.91 bits per heavy atom. The number of ether oxygens (including phenoxy) is 1. The molecule has 0 N–H and O–H groups in total. The van der Waals surface area contributed by atoms with E-state index >= 15 is 0 Å². The van der Waals surface area contributed by atoms with E-state index < -0.39 is 29.7 Å². The number of nitrogens with zero attached hydrogens (tertiary/aromatic N) is 4. The molecule has 2 amide bonds. The number of hydrogen-bond donors (Lipinski definition) is 0. The Morgan fingerprint density at radius 3 is 2.48 bits per heavy atom. The lowest BCUT2D eigenvalue weighted by atomic mass is 9.98. The molecule has 0 aliphatic carbocycles. The fourth-order valence-corrected chi connectivity index (χ4v) is 2.94. The van der Waals surface area contributed by atoms with E-state index in [1.165, 1.54) is 0 Å². The molecule has 1 aromatic carbocycles. The molecule has 2 aliphatic rings. The molecule has 1 aromatic rings. The predicted molar refractivity (Wildman–Crippen MR) is 86.0 cm³/mol. The quantitative estimate of drug-likeness (QED) is 0.303. The highest BCUT2D eigenvalue weighted by molar-refractivity contribution is 14.1. The number of benzene rings is 1. The maximum absolute atomic E-state index is 12.6. The van der Waals surface area contributed by atoms with Gasteiger partial charge in [0.25, 0.3) is 5.91 Å². The van der Waals surface area contributed by atoms with Crippen molar-refractivity contribution in [2.75, 3.05) is 12.0 Å². The zero-order valence-electron chi connectivity index (χ0n) is 11.7. The second kappa shape index (κ2) is 5.68. The summed E-state index contributed by atoms with van der Waals surface area (Å²) in [7, 11) is 1.12. The molecule has 23 heavy (non-hydrogen) atoms. The fraction of sp³-hybridized carbons (Fsp3) is 0.231. The minimum Gasteiger partial charge on any atom is -0.464 e. The summed E-state index contributed by atoms with van der Waals surface area (Å²) in [4.78, 5) is 48.7. The number of imide groups is 1. The number of esters is 1. The maximum Gasteiger partial charge on any atom is 0.355 e. The molecule has 3 rings (SSSR count). The summed E-state index contributed by atoms with van der Waals surface area (Å²) in [6.07, 6.45) is 0.